The van der Waals surface area contributed by atoms with Crippen molar-refractivity contribution in [2.75, 3.05) is 19.8 Å². The maximum absolute atomic E-state index is 6.35. The molecule has 2 N–H and O–H groups in total. The summed E-state index contributed by atoms with van der Waals surface area (Å²) in [4.78, 5) is 8.28. The molecule has 4 heterocycles. The molecular formula is C21H28Cl2N4O2. The van der Waals surface area contributed by atoms with Crippen molar-refractivity contribution in [2.24, 2.45) is 16.0 Å². The minimum absolute atomic E-state index is 0. The molecule has 0 radical (unpaired) electrons. The summed E-state index contributed by atoms with van der Waals surface area (Å²) in [7, 11) is 0. The predicted octanol–water partition coefficient (Wildman–Crippen LogP) is 2.53. The monoisotopic (exact) mass is 438 g/mol. The molecule has 0 bridgehead atoms. The topological polar surface area (TPSA) is 71.0 Å². The molecule has 0 spiro atoms. The standard InChI is InChI=1S/C21H27ClN4O2.ClH/c22-14-5-8-23-20-17-12-24-26-19(21(17)25-18(20)11-14)13-1-3-15(4-2-13)28-16-6-9-27-10-7-16;/h5,11,13,15-16,24-25H,1-4,6-10,12H2;1H. The Labute approximate surface area is 181 Å². The van der Waals surface area contributed by atoms with Gasteiger partial charge in [-0.3, -0.25) is 4.99 Å². The van der Waals surface area contributed by atoms with Crippen LogP contribution in [0.1, 0.15) is 49.8 Å². The Morgan fingerprint density at radius 2 is 1.83 bits per heavy atom. The number of fused-ring (bicyclic) bond motifs is 3. The van der Waals surface area contributed by atoms with E-state index in [1.165, 1.54) is 5.56 Å². The molecule has 8 heteroatoms. The molecule has 0 amide bonds. The van der Waals surface area contributed by atoms with Gasteiger partial charge in [0.15, 0.2) is 0 Å². The van der Waals surface area contributed by atoms with Crippen molar-refractivity contribution < 1.29 is 9.47 Å². The van der Waals surface area contributed by atoms with Gasteiger partial charge in [-0.15, -0.1) is 12.4 Å². The van der Waals surface area contributed by atoms with Crippen molar-refractivity contribution >= 4 is 35.8 Å². The molecule has 1 aromatic rings. The van der Waals surface area contributed by atoms with E-state index in [1.54, 1.807) is 0 Å². The molecule has 1 saturated carbocycles. The Morgan fingerprint density at radius 1 is 1.07 bits per heavy atom. The lowest BCUT2D eigenvalue weighted by Gasteiger charge is -2.33. The summed E-state index contributed by atoms with van der Waals surface area (Å²) in [6.45, 7) is 3.00. The van der Waals surface area contributed by atoms with Gasteiger partial charge in [-0.2, -0.15) is 5.10 Å². The summed E-state index contributed by atoms with van der Waals surface area (Å²) in [6, 6.07) is 0. The van der Waals surface area contributed by atoms with E-state index in [4.69, 9.17) is 31.2 Å². The number of hydrazone groups is 1. The highest BCUT2D eigenvalue weighted by molar-refractivity contribution is 6.34. The van der Waals surface area contributed by atoms with Crippen LogP contribution in [0.15, 0.2) is 21.2 Å². The first-order valence-corrected chi connectivity index (χ1v) is 10.8. The predicted molar refractivity (Wildman–Crippen MR) is 116 cm³/mol. The zero-order chi connectivity index (χ0) is 18.9. The zero-order valence-electron chi connectivity index (χ0n) is 16.5. The smallest absolute Gasteiger partial charge is 0.0885 e. The molecule has 0 unspecified atom stereocenters. The molecular weight excluding hydrogens is 411 g/mol. The van der Waals surface area contributed by atoms with E-state index in [1.807, 2.05) is 12.2 Å². The van der Waals surface area contributed by atoms with Gasteiger partial charge in [0.25, 0.3) is 0 Å². The second-order valence-electron chi connectivity index (χ2n) is 8.07. The third-order valence-corrected chi connectivity index (χ3v) is 6.51. The normalized spacial score (nSPS) is 26.9. The zero-order valence-corrected chi connectivity index (χ0v) is 18.0. The third kappa shape index (κ3) is 4.41. The number of ether oxygens (including phenoxy) is 2. The van der Waals surface area contributed by atoms with Crippen LogP contribution in [0.5, 0.6) is 0 Å². The third-order valence-electron chi connectivity index (χ3n) is 6.25. The minimum Gasteiger partial charge on any atom is -0.381 e. The largest absolute Gasteiger partial charge is 0.381 e. The lowest BCUT2D eigenvalue weighted by Crippen LogP contribution is -2.34. The van der Waals surface area contributed by atoms with Crippen molar-refractivity contribution in [3.8, 4) is 0 Å². The fourth-order valence-electron chi connectivity index (χ4n) is 4.76. The maximum Gasteiger partial charge on any atom is 0.0885 e. The Balaban J connectivity index is 0.00000205. The molecule has 0 atom stereocenters. The van der Waals surface area contributed by atoms with Crippen molar-refractivity contribution in [2.45, 2.75) is 57.3 Å². The second kappa shape index (κ2) is 9.21. The second-order valence-corrected chi connectivity index (χ2v) is 8.50. The van der Waals surface area contributed by atoms with Gasteiger partial charge >= 0.3 is 0 Å². The summed E-state index contributed by atoms with van der Waals surface area (Å²) in [5, 5.41) is 7.45. The van der Waals surface area contributed by atoms with E-state index < -0.39 is 0 Å². The number of allylic oxidation sites excluding steroid dienone is 1. The van der Waals surface area contributed by atoms with E-state index >= 15 is 0 Å². The van der Waals surface area contributed by atoms with Gasteiger partial charge < -0.3 is 19.9 Å². The maximum atomic E-state index is 6.35. The molecule has 1 aliphatic carbocycles. The number of rotatable bonds is 3. The van der Waals surface area contributed by atoms with Crippen LogP contribution >= 0.6 is 24.0 Å². The molecule has 1 aromatic heterocycles. The molecule has 29 heavy (non-hydrogen) atoms. The number of hydrogen-bond donors (Lipinski definition) is 2. The molecule has 0 aromatic carbocycles. The highest BCUT2D eigenvalue weighted by Crippen LogP contribution is 2.31. The molecule has 4 aliphatic rings. The van der Waals surface area contributed by atoms with Crippen LogP contribution in [0, 0.1) is 5.92 Å². The molecule has 3 aliphatic heterocycles. The van der Waals surface area contributed by atoms with Crippen molar-refractivity contribution in [3.63, 3.8) is 0 Å². The van der Waals surface area contributed by atoms with E-state index in [0.29, 0.717) is 31.2 Å². The number of H-pyrrole nitrogens is 1. The van der Waals surface area contributed by atoms with Gasteiger partial charge in [-0.1, -0.05) is 11.6 Å². The molecule has 5 rings (SSSR count). The number of hydrogen-bond acceptors (Lipinski definition) is 5. The Kier molecular flexibility index (Phi) is 6.64. The fraction of sp³-hybridized carbons (Fsp3) is 0.619. The van der Waals surface area contributed by atoms with Crippen LogP contribution < -0.4 is 16.1 Å². The van der Waals surface area contributed by atoms with Crippen LogP contribution in [0.2, 0.25) is 0 Å². The Hall–Kier alpha value is -1.34. The van der Waals surface area contributed by atoms with Gasteiger partial charge in [0.1, 0.15) is 0 Å². The van der Waals surface area contributed by atoms with Crippen molar-refractivity contribution in [3.05, 3.63) is 33.1 Å². The minimum atomic E-state index is 0. The number of halogens is 2. The van der Waals surface area contributed by atoms with Gasteiger partial charge in [0, 0.05) is 29.7 Å². The van der Waals surface area contributed by atoms with Crippen LogP contribution in [-0.4, -0.2) is 42.7 Å². The molecule has 2 fully saturated rings. The molecule has 158 valence electrons. The van der Waals surface area contributed by atoms with Crippen molar-refractivity contribution in [1.29, 1.82) is 0 Å². The van der Waals surface area contributed by atoms with Gasteiger partial charge in [0.05, 0.1) is 47.4 Å². The fourth-order valence-corrected chi connectivity index (χ4v) is 4.94. The Bertz CT molecular complexity index is 910. The molecule has 6 nitrogen and oxygen atoms in total. The SMILES string of the molecule is Cl.ClC1=CCN=c2c3c([nH]c2=C1)C(C1CCC(OC2CCOCC2)CC1)=NNC3. The first-order chi connectivity index (χ1) is 13.8. The summed E-state index contributed by atoms with van der Waals surface area (Å²) in [5.41, 5.74) is 6.73. The van der Waals surface area contributed by atoms with Crippen LogP contribution in [-0.2, 0) is 16.0 Å². The lowest BCUT2D eigenvalue weighted by molar-refractivity contribution is -0.0798. The van der Waals surface area contributed by atoms with Gasteiger partial charge in [-0.05, 0) is 50.7 Å². The van der Waals surface area contributed by atoms with E-state index in [2.05, 4.69) is 10.4 Å². The summed E-state index contributed by atoms with van der Waals surface area (Å²) in [5.74, 6) is 0.453. The number of aromatic nitrogens is 1. The quantitative estimate of drug-likeness (QED) is 0.761. The van der Waals surface area contributed by atoms with Crippen LogP contribution in [0.3, 0.4) is 0 Å². The Morgan fingerprint density at radius 3 is 2.62 bits per heavy atom. The number of nitrogens with zero attached hydrogens (tertiary/aromatic N) is 2. The van der Waals surface area contributed by atoms with Gasteiger partial charge in [0.2, 0.25) is 0 Å². The lowest BCUT2D eigenvalue weighted by atomic mass is 9.82. The first kappa shape index (κ1) is 20.9. The number of nitrogens with one attached hydrogen (secondary N) is 2. The van der Waals surface area contributed by atoms with Crippen LogP contribution in [0.4, 0.5) is 0 Å². The van der Waals surface area contributed by atoms with Crippen molar-refractivity contribution in [1.82, 2.24) is 10.4 Å². The van der Waals surface area contributed by atoms with Gasteiger partial charge in [-0.25, -0.2) is 0 Å². The van der Waals surface area contributed by atoms with E-state index in [-0.39, 0.29) is 12.4 Å². The highest BCUT2D eigenvalue weighted by atomic mass is 35.5. The summed E-state index contributed by atoms with van der Waals surface area (Å²) < 4.78 is 11.8. The summed E-state index contributed by atoms with van der Waals surface area (Å²) >= 11 is 6.25. The summed E-state index contributed by atoms with van der Waals surface area (Å²) in [6.07, 6.45) is 11.2. The number of aromatic amines is 1. The first-order valence-electron chi connectivity index (χ1n) is 10.4. The average molecular weight is 439 g/mol. The highest BCUT2D eigenvalue weighted by Gasteiger charge is 2.31. The average Bonchev–Trinajstić information content (AvgIpc) is 2.95. The van der Waals surface area contributed by atoms with E-state index in [0.717, 1.165) is 78.9 Å². The van der Waals surface area contributed by atoms with E-state index in [9.17, 15) is 0 Å². The van der Waals surface area contributed by atoms with Crippen LogP contribution in [0.25, 0.3) is 6.08 Å². The molecule has 1 saturated heterocycles.